The Bertz CT molecular complexity index is 131. The Hall–Kier alpha value is -1.10. The maximum absolute atomic E-state index is 10.3. The minimum absolute atomic E-state index is 0.103. The van der Waals surface area contributed by atoms with Crippen molar-refractivity contribution in [3.8, 4) is 0 Å². The fourth-order valence-corrected chi connectivity index (χ4v) is 0.623. The lowest BCUT2D eigenvalue weighted by Crippen LogP contribution is -2.44. The van der Waals surface area contributed by atoms with E-state index in [2.05, 4.69) is 15.4 Å². The standard InChI is InChI=1S/C4H8N2O.C3H6O2/c7-4-3-5-1-2-6-4;1-2-5-3-4/h5H,1-3H2,(H,6,7);3H,2H2,1H3. The third-order valence-corrected chi connectivity index (χ3v) is 1.14. The second kappa shape index (κ2) is 8.00. The SMILES string of the molecule is CCOC=O.O=C1CNCCN1. The molecule has 1 fully saturated rings. The van der Waals surface area contributed by atoms with Crippen LogP contribution >= 0.6 is 0 Å². The van der Waals surface area contributed by atoms with E-state index in [4.69, 9.17) is 0 Å². The number of carbonyl (C=O) groups is 2. The normalized spacial score (nSPS) is 15.2. The molecule has 1 amide bonds. The Morgan fingerprint density at radius 2 is 2.33 bits per heavy atom. The molecule has 0 atom stereocenters. The Balaban J connectivity index is 0.000000217. The average Bonchev–Trinajstić information content (AvgIpc) is 2.08. The van der Waals surface area contributed by atoms with Crippen LogP contribution in [0.15, 0.2) is 0 Å². The molecule has 5 nitrogen and oxygen atoms in total. The first-order valence-electron chi connectivity index (χ1n) is 3.84. The molecule has 1 saturated heterocycles. The maximum atomic E-state index is 10.3. The van der Waals surface area contributed by atoms with Crippen LogP contribution in [0.3, 0.4) is 0 Å². The predicted molar refractivity (Wildman–Crippen MR) is 43.6 cm³/mol. The van der Waals surface area contributed by atoms with Gasteiger partial charge < -0.3 is 15.4 Å². The van der Waals surface area contributed by atoms with E-state index in [0.717, 1.165) is 13.1 Å². The van der Waals surface area contributed by atoms with Crippen molar-refractivity contribution in [2.75, 3.05) is 26.2 Å². The lowest BCUT2D eigenvalue weighted by atomic mass is 10.4. The zero-order valence-electron chi connectivity index (χ0n) is 7.13. The van der Waals surface area contributed by atoms with Gasteiger partial charge in [0.15, 0.2) is 0 Å². The summed E-state index contributed by atoms with van der Waals surface area (Å²) in [5.74, 6) is 0.103. The molecule has 2 N–H and O–H groups in total. The van der Waals surface area contributed by atoms with Gasteiger partial charge in [-0.3, -0.25) is 9.59 Å². The molecule has 0 aromatic carbocycles. The highest BCUT2D eigenvalue weighted by atomic mass is 16.5. The molecule has 0 unspecified atom stereocenters. The number of rotatable bonds is 2. The summed E-state index contributed by atoms with van der Waals surface area (Å²) in [6.07, 6.45) is 0. The largest absolute Gasteiger partial charge is 0.468 e. The molecule has 5 heteroatoms. The Morgan fingerprint density at radius 3 is 2.50 bits per heavy atom. The fourth-order valence-electron chi connectivity index (χ4n) is 0.623. The van der Waals surface area contributed by atoms with E-state index in [-0.39, 0.29) is 5.91 Å². The van der Waals surface area contributed by atoms with Crippen LogP contribution in [0.25, 0.3) is 0 Å². The fraction of sp³-hybridized carbons (Fsp3) is 0.714. The van der Waals surface area contributed by atoms with E-state index < -0.39 is 0 Å². The third-order valence-electron chi connectivity index (χ3n) is 1.14. The minimum atomic E-state index is 0.103. The predicted octanol–water partition coefficient (Wildman–Crippen LogP) is -1.11. The van der Waals surface area contributed by atoms with Crippen LogP contribution in [-0.4, -0.2) is 38.6 Å². The zero-order valence-corrected chi connectivity index (χ0v) is 7.13. The van der Waals surface area contributed by atoms with Gasteiger partial charge in [-0.05, 0) is 6.92 Å². The smallest absolute Gasteiger partial charge is 0.293 e. The molecule has 1 aliphatic heterocycles. The molecule has 0 bridgehead atoms. The van der Waals surface area contributed by atoms with Gasteiger partial charge in [0.05, 0.1) is 13.2 Å². The Morgan fingerprint density at radius 1 is 1.58 bits per heavy atom. The van der Waals surface area contributed by atoms with Gasteiger partial charge in [0.2, 0.25) is 5.91 Å². The number of nitrogens with one attached hydrogen (secondary N) is 2. The van der Waals surface area contributed by atoms with Crippen molar-refractivity contribution in [3.63, 3.8) is 0 Å². The quantitative estimate of drug-likeness (QED) is 0.521. The van der Waals surface area contributed by atoms with Gasteiger partial charge in [-0.25, -0.2) is 0 Å². The summed E-state index contributed by atoms with van der Waals surface area (Å²) in [6.45, 7) is 4.84. The van der Waals surface area contributed by atoms with Gasteiger partial charge in [0, 0.05) is 13.1 Å². The molecule has 12 heavy (non-hydrogen) atoms. The van der Waals surface area contributed by atoms with Crippen LogP contribution in [0, 0.1) is 0 Å². The lowest BCUT2D eigenvalue weighted by molar-refractivity contribution is -0.128. The van der Waals surface area contributed by atoms with Crippen molar-refractivity contribution in [3.05, 3.63) is 0 Å². The number of amides is 1. The van der Waals surface area contributed by atoms with Gasteiger partial charge in [-0.15, -0.1) is 0 Å². The molecule has 1 aliphatic rings. The highest BCUT2D eigenvalue weighted by Gasteiger charge is 2.02. The van der Waals surface area contributed by atoms with Gasteiger partial charge >= 0.3 is 0 Å². The summed E-state index contributed by atoms with van der Waals surface area (Å²) in [4.78, 5) is 19.5. The molecule has 0 aromatic heterocycles. The summed E-state index contributed by atoms with van der Waals surface area (Å²) in [7, 11) is 0. The van der Waals surface area contributed by atoms with Crippen molar-refractivity contribution in [2.24, 2.45) is 0 Å². The summed E-state index contributed by atoms with van der Waals surface area (Å²) >= 11 is 0. The molecule has 1 rings (SSSR count). The highest BCUT2D eigenvalue weighted by molar-refractivity contribution is 5.78. The van der Waals surface area contributed by atoms with Crippen LogP contribution in [0.4, 0.5) is 0 Å². The van der Waals surface area contributed by atoms with Gasteiger partial charge in [0.25, 0.3) is 6.47 Å². The van der Waals surface area contributed by atoms with Crippen LogP contribution in [-0.2, 0) is 14.3 Å². The molecular weight excluding hydrogens is 160 g/mol. The third kappa shape index (κ3) is 7.01. The second-order valence-corrected chi connectivity index (χ2v) is 2.08. The first-order valence-corrected chi connectivity index (χ1v) is 3.84. The first kappa shape index (κ1) is 10.9. The first-order chi connectivity index (χ1) is 5.81. The van der Waals surface area contributed by atoms with Gasteiger partial charge in [0.1, 0.15) is 0 Å². The van der Waals surface area contributed by atoms with Gasteiger partial charge in [-0.1, -0.05) is 0 Å². The van der Waals surface area contributed by atoms with Crippen molar-refractivity contribution in [1.29, 1.82) is 0 Å². The molecule has 0 aliphatic carbocycles. The van der Waals surface area contributed by atoms with E-state index in [1.807, 2.05) is 0 Å². The highest BCUT2D eigenvalue weighted by Crippen LogP contribution is 1.69. The van der Waals surface area contributed by atoms with E-state index in [0.29, 0.717) is 19.6 Å². The van der Waals surface area contributed by atoms with Crippen LogP contribution in [0.1, 0.15) is 6.92 Å². The molecule has 70 valence electrons. The summed E-state index contributed by atoms with van der Waals surface area (Å²) < 4.78 is 4.15. The van der Waals surface area contributed by atoms with Crippen molar-refractivity contribution in [2.45, 2.75) is 6.92 Å². The molecular formula is C7H14N2O3. The van der Waals surface area contributed by atoms with E-state index in [9.17, 15) is 9.59 Å². The van der Waals surface area contributed by atoms with Crippen LogP contribution < -0.4 is 10.6 Å². The zero-order chi connectivity index (χ0) is 9.23. The van der Waals surface area contributed by atoms with Crippen molar-refractivity contribution < 1.29 is 14.3 Å². The molecule has 0 spiro atoms. The molecule has 0 radical (unpaired) electrons. The Kier molecular flexibility index (Phi) is 7.27. The minimum Gasteiger partial charge on any atom is -0.468 e. The van der Waals surface area contributed by atoms with Crippen LogP contribution in [0.2, 0.25) is 0 Å². The lowest BCUT2D eigenvalue weighted by Gasteiger charge is -2.11. The van der Waals surface area contributed by atoms with Crippen molar-refractivity contribution >= 4 is 12.4 Å². The van der Waals surface area contributed by atoms with E-state index in [1.165, 1.54) is 0 Å². The van der Waals surface area contributed by atoms with E-state index in [1.54, 1.807) is 6.92 Å². The summed E-state index contributed by atoms with van der Waals surface area (Å²) in [6, 6.07) is 0. The monoisotopic (exact) mass is 174 g/mol. The second-order valence-electron chi connectivity index (χ2n) is 2.08. The number of hydrogen-bond donors (Lipinski definition) is 2. The maximum Gasteiger partial charge on any atom is 0.293 e. The average molecular weight is 174 g/mol. The van der Waals surface area contributed by atoms with Crippen molar-refractivity contribution in [1.82, 2.24) is 10.6 Å². The molecule has 1 heterocycles. The topological polar surface area (TPSA) is 67.4 Å². The molecule has 0 saturated carbocycles. The number of hydrogen-bond acceptors (Lipinski definition) is 4. The summed E-state index contributed by atoms with van der Waals surface area (Å²) in [5, 5.41) is 5.60. The van der Waals surface area contributed by atoms with E-state index >= 15 is 0 Å². The summed E-state index contributed by atoms with van der Waals surface area (Å²) in [5.41, 5.74) is 0. The Labute approximate surface area is 71.5 Å². The van der Waals surface area contributed by atoms with Gasteiger partial charge in [-0.2, -0.15) is 0 Å². The van der Waals surface area contributed by atoms with Crippen LogP contribution in [0.5, 0.6) is 0 Å². The number of ether oxygens (including phenoxy) is 1. The number of piperazine rings is 1. The number of carbonyl (C=O) groups excluding carboxylic acids is 2. The molecule has 0 aromatic rings.